The first-order valence-corrected chi connectivity index (χ1v) is 8.33. The fourth-order valence-electron chi connectivity index (χ4n) is 3.92. The highest BCUT2D eigenvalue weighted by Crippen LogP contribution is 2.46. The highest BCUT2D eigenvalue weighted by atomic mass is 14.3. The molecule has 0 heteroatoms. The van der Waals surface area contributed by atoms with Gasteiger partial charge in [0.05, 0.1) is 0 Å². The van der Waals surface area contributed by atoms with Crippen molar-refractivity contribution in [2.45, 2.75) is 52.4 Å². The standard InChI is InChI=1S/C22H26/c1-15-10-16(2)12-20(11-15)22-14-18(4)17(3)13-21(22)19-8-6-5-7-9-19/h5-12,21-22H,13-14H2,1-4H3/t21-,22-/m0/s1. The fraction of sp³-hybridized carbons (Fsp3) is 0.364. The van der Waals surface area contributed by atoms with Crippen LogP contribution in [-0.4, -0.2) is 0 Å². The lowest BCUT2D eigenvalue weighted by Crippen LogP contribution is -2.18. The van der Waals surface area contributed by atoms with Gasteiger partial charge in [-0.25, -0.2) is 0 Å². The summed E-state index contributed by atoms with van der Waals surface area (Å²) in [7, 11) is 0. The van der Waals surface area contributed by atoms with Gasteiger partial charge in [0.1, 0.15) is 0 Å². The summed E-state index contributed by atoms with van der Waals surface area (Å²) >= 11 is 0. The molecule has 0 aromatic heterocycles. The Bertz CT molecular complexity index is 671. The van der Waals surface area contributed by atoms with Crippen LogP contribution in [0.1, 0.15) is 60.8 Å². The molecule has 114 valence electrons. The van der Waals surface area contributed by atoms with Crippen molar-refractivity contribution in [3.05, 3.63) is 81.9 Å². The molecule has 0 nitrogen and oxygen atoms in total. The maximum atomic E-state index is 2.39. The van der Waals surface area contributed by atoms with Crippen LogP contribution in [0.2, 0.25) is 0 Å². The largest absolute Gasteiger partial charge is 0.0737 e. The summed E-state index contributed by atoms with van der Waals surface area (Å²) in [6.45, 7) is 9.05. The predicted octanol–water partition coefficient (Wildman–Crippen LogP) is 6.30. The minimum absolute atomic E-state index is 0.602. The molecule has 0 bridgehead atoms. The van der Waals surface area contributed by atoms with Crippen LogP contribution in [0.15, 0.2) is 59.7 Å². The van der Waals surface area contributed by atoms with Gasteiger partial charge in [0.25, 0.3) is 0 Å². The summed E-state index contributed by atoms with van der Waals surface area (Å²) in [6, 6.07) is 18.1. The van der Waals surface area contributed by atoms with Gasteiger partial charge >= 0.3 is 0 Å². The van der Waals surface area contributed by atoms with E-state index in [0.717, 1.165) is 0 Å². The maximum Gasteiger partial charge on any atom is -0.00526 e. The maximum absolute atomic E-state index is 2.39. The van der Waals surface area contributed by atoms with E-state index >= 15 is 0 Å². The van der Waals surface area contributed by atoms with Crippen LogP contribution in [0.3, 0.4) is 0 Å². The third-order valence-corrected chi connectivity index (χ3v) is 5.17. The quantitative estimate of drug-likeness (QED) is 0.569. The van der Waals surface area contributed by atoms with Crippen molar-refractivity contribution in [1.29, 1.82) is 0 Å². The van der Waals surface area contributed by atoms with Crippen LogP contribution in [0.4, 0.5) is 0 Å². The first-order chi connectivity index (χ1) is 10.5. The number of rotatable bonds is 2. The predicted molar refractivity (Wildman–Crippen MR) is 95.4 cm³/mol. The topological polar surface area (TPSA) is 0 Å². The Labute approximate surface area is 134 Å². The summed E-state index contributed by atoms with van der Waals surface area (Å²) in [5.74, 6) is 1.20. The Hall–Kier alpha value is -1.82. The van der Waals surface area contributed by atoms with Crippen molar-refractivity contribution in [1.82, 2.24) is 0 Å². The van der Waals surface area contributed by atoms with Crippen molar-refractivity contribution >= 4 is 0 Å². The van der Waals surface area contributed by atoms with E-state index in [4.69, 9.17) is 0 Å². The Kier molecular flexibility index (Phi) is 4.20. The Morgan fingerprint density at radius 2 is 1.14 bits per heavy atom. The van der Waals surface area contributed by atoms with Gasteiger partial charge in [-0.2, -0.15) is 0 Å². The molecule has 3 rings (SSSR count). The number of allylic oxidation sites excluding steroid dienone is 2. The molecule has 0 unspecified atom stereocenters. The molecule has 0 amide bonds. The number of hydrogen-bond acceptors (Lipinski definition) is 0. The van der Waals surface area contributed by atoms with Crippen molar-refractivity contribution in [2.24, 2.45) is 0 Å². The van der Waals surface area contributed by atoms with Crippen LogP contribution in [0.25, 0.3) is 0 Å². The third kappa shape index (κ3) is 3.02. The summed E-state index contributed by atoms with van der Waals surface area (Å²) in [5, 5.41) is 0. The highest BCUT2D eigenvalue weighted by Gasteiger charge is 2.29. The second kappa shape index (κ2) is 6.12. The fourth-order valence-corrected chi connectivity index (χ4v) is 3.92. The molecule has 2 aromatic rings. The van der Waals surface area contributed by atoms with Crippen LogP contribution < -0.4 is 0 Å². The van der Waals surface area contributed by atoms with Crippen molar-refractivity contribution < 1.29 is 0 Å². The van der Waals surface area contributed by atoms with Gasteiger partial charge in [0.15, 0.2) is 0 Å². The van der Waals surface area contributed by atoms with E-state index in [1.165, 1.54) is 35.1 Å². The van der Waals surface area contributed by atoms with Gasteiger partial charge in [-0.15, -0.1) is 0 Å². The van der Waals surface area contributed by atoms with Gasteiger partial charge in [-0.05, 0) is 63.5 Å². The summed E-state index contributed by atoms with van der Waals surface area (Å²) in [5.41, 5.74) is 8.92. The molecule has 22 heavy (non-hydrogen) atoms. The van der Waals surface area contributed by atoms with Crippen LogP contribution in [0, 0.1) is 13.8 Å². The first kappa shape index (κ1) is 15.1. The van der Waals surface area contributed by atoms with Gasteiger partial charge in [-0.3, -0.25) is 0 Å². The second-order valence-electron chi connectivity index (χ2n) is 7.01. The normalized spacial score (nSPS) is 22.0. The van der Waals surface area contributed by atoms with E-state index < -0.39 is 0 Å². The first-order valence-electron chi connectivity index (χ1n) is 8.33. The van der Waals surface area contributed by atoms with E-state index in [1.54, 1.807) is 11.1 Å². The third-order valence-electron chi connectivity index (χ3n) is 5.17. The average molecular weight is 290 g/mol. The molecule has 2 atom stereocenters. The minimum atomic E-state index is 0.602. The van der Waals surface area contributed by atoms with Crippen LogP contribution >= 0.6 is 0 Å². The average Bonchev–Trinajstić information content (AvgIpc) is 2.49. The lowest BCUT2D eigenvalue weighted by Gasteiger charge is -2.34. The van der Waals surface area contributed by atoms with Crippen molar-refractivity contribution in [3.8, 4) is 0 Å². The molecule has 0 saturated heterocycles. The summed E-state index contributed by atoms with van der Waals surface area (Å²) in [4.78, 5) is 0. The minimum Gasteiger partial charge on any atom is -0.0737 e. The Morgan fingerprint density at radius 3 is 1.68 bits per heavy atom. The number of aryl methyl sites for hydroxylation is 2. The molecule has 1 aliphatic carbocycles. The van der Waals surface area contributed by atoms with Gasteiger partial charge in [0, 0.05) is 0 Å². The lowest BCUT2D eigenvalue weighted by molar-refractivity contribution is 0.496. The number of hydrogen-bond donors (Lipinski definition) is 0. The van der Waals surface area contributed by atoms with E-state index in [2.05, 4.69) is 76.2 Å². The Morgan fingerprint density at radius 1 is 0.636 bits per heavy atom. The van der Waals surface area contributed by atoms with Crippen LogP contribution in [-0.2, 0) is 0 Å². The van der Waals surface area contributed by atoms with E-state index in [-0.39, 0.29) is 0 Å². The molecule has 0 N–H and O–H groups in total. The zero-order valence-corrected chi connectivity index (χ0v) is 14.2. The molecular formula is C22H26. The van der Waals surface area contributed by atoms with E-state index in [0.29, 0.717) is 11.8 Å². The van der Waals surface area contributed by atoms with E-state index in [9.17, 15) is 0 Å². The molecule has 0 saturated carbocycles. The molecule has 0 spiro atoms. The molecule has 0 fully saturated rings. The summed E-state index contributed by atoms with van der Waals surface area (Å²) < 4.78 is 0. The zero-order valence-electron chi connectivity index (χ0n) is 14.2. The Balaban J connectivity index is 2.05. The van der Waals surface area contributed by atoms with Gasteiger partial charge < -0.3 is 0 Å². The highest BCUT2D eigenvalue weighted by molar-refractivity contribution is 5.38. The van der Waals surface area contributed by atoms with Gasteiger partial charge in [-0.1, -0.05) is 70.8 Å². The van der Waals surface area contributed by atoms with E-state index in [1.807, 2.05) is 0 Å². The smallest absolute Gasteiger partial charge is 0.00526 e. The number of benzene rings is 2. The molecule has 2 aromatic carbocycles. The second-order valence-corrected chi connectivity index (χ2v) is 7.01. The molecule has 1 aliphatic rings. The molecule has 0 aliphatic heterocycles. The lowest BCUT2D eigenvalue weighted by atomic mass is 9.70. The van der Waals surface area contributed by atoms with Crippen molar-refractivity contribution in [2.75, 3.05) is 0 Å². The van der Waals surface area contributed by atoms with Gasteiger partial charge in [0.2, 0.25) is 0 Å². The van der Waals surface area contributed by atoms with Crippen molar-refractivity contribution in [3.63, 3.8) is 0 Å². The molecular weight excluding hydrogens is 264 g/mol. The molecule has 0 heterocycles. The zero-order chi connectivity index (χ0) is 15.7. The van der Waals surface area contributed by atoms with Crippen LogP contribution in [0.5, 0.6) is 0 Å². The molecule has 0 radical (unpaired) electrons. The monoisotopic (exact) mass is 290 g/mol. The summed E-state index contributed by atoms with van der Waals surface area (Å²) in [6.07, 6.45) is 2.38. The SMILES string of the molecule is CC1=C(C)C[C@@H](c2cc(C)cc(C)c2)[C@H](c2ccccc2)C1.